The number of halogens is 2. The minimum absolute atomic E-state index is 0.0551. The van der Waals surface area contributed by atoms with Crippen molar-refractivity contribution in [1.29, 1.82) is 0 Å². The summed E-state index contributed by atoms with van der Waals surface area (Å²) >= 11 is 2.99. The number of carbonyl (C=O) groups excluding carboxylic acids is 1. The third-order valence-corrected chi connectivity index (χ3v) is 2.76. The maximum Gasteiger partial charge on any atom is 0.257 e. The number of carbonyl (C=O) groups is 1. The maximum absolute atomic E-state index is 13.4. The smallest absolute Gasteiger partial charge is 0.257 e. The van der Waals surface area contributed by atoms with E-state index in [-0.39, 0.29) is 15.7 Å². The van der Waals surface area contributed by atoms with Crippen LogP contribution < -0.4 is 11.1 Å². The Morgan fingerprint density at radius 1 is 1.33 bits per heavy atom. The van der Waals surface area contributed by atoms with Gasteiger partial charge in [0.15, 0.2) is 0 Å². The highest BCUT2D eigenvalue weighted by molar-refractivity contribution is 9.10. The summed E-state index contributed by atoms with van der Waals surface area (Å²) in [5.41, 5.74) is 6.30. The summed E-state index contributed by atoms with van der Waals surface area (Å²) < 4.78 is 13.6. The molecule has 0 radical (unpaired) electrons. The number of aromatic nitrogens is 2. The lowest BCUT2D eigenvalue weighted by atomic mass is 10.1. The highest BCUT2D eigenvalue weighted by atomic mass is 79.9. The summed E-state index contributed by atoms with van der Waals surface area (Å²) in [6.07, 6.45) is 4.19. The van der Waals surface area contributed by atoms with Crippen LogP contribution in [0.15, 0.2) is 35.3 Å². The van der Waals surface area contributed by atoms with Crippen LogP contribution in [0.2, 0.25) is 0 Å². The molecule has 0 aliphatic heterocycles. The Hall–Kier alpha value is -2.02. The van der Waals surface area contributed by atoms with Crippen LogP contribution >= 0.6 is 15.9 Å². The van der Waals surface area contributed by atoms with Crippen LogP contribution in [-0.2, 0) is 0 Å². The summed E-state index contributed by atoms with van der Waals surface area (Å²) in [6, 6.07) is 2.41. The molecule has 0 bridgehead atoms. The molecule has 0 aliphatic carbocycles. The van der Waals surface area contributed by atoms with E-state index in [1.54, 1.807) is 0 Å². The van der Waals surface area contributed by atoms with Crippen LogP contribution in [0.25, 0.3) is 0 Å². The molecule has 5 nitrogen and oxygen atoms in total. The number of hydrogen-bond donors (Lipinski definition) is 2. The molecule has 1 aromatic heterocycles. The number of hydrogen-bond acceptors (Lipinski definition) is 4. The fraction of sp³-hybridized carbons (Fsp3) is 0. The van der Waals surface area contributed by atoms with E-state index in [1.807, 2.05) is 0 Å². The highest BCUT2D eigenvalue weighted by Gasteiger charge is 2.13. The Bertz CT molecular complexity index is 591. The first-order valence-electron chi connectivity index (χ1n) is 4.89. The molecule has 0 saturated heterocycles. The zero-order valence-corrected chi connectivity index (χ0v) is 10.6. The first-order valence-corrected chi connectivity index (χ1v) is 5.68. The molecule has 0 fully saturated rings. The van der Waals surface area contributed by atoms with Gasteiger partial charge in [-0.3, -0.25) is 4.79 Å². The lowest BCUT2D eigenvalue weighted by Crippen LogP contribution is -2.14. The summed E-state index contributed by atoms with van der Waals surface area (Å²) in [4.78, 5) is 19.4. The topological polar surface area (TPSA) is 80.9 Å². The molecule has 1 aromatic carbocycles. The van der Waals surface area contributed by atoms with Crippen LogP contribution in [0, 0.1) is 5.82 Å². The predicted octanol–water partition coefficient (Wildman–Crippen LogP) is 2.21. The molecular formula is C11H8BrFN4O. The molecule has 1 heterocycles. The molecule has 7 heteroatoms. The van der Waals surface area contributed by atoms with Gasteiger partial charge in [0.25, 0.3) is 5.91 Å². The third-order valence-electron chi connectivity index (χ3n) is 2.16. The van der Waals surface area contributed by atoms with Crippen LogP contribution in [0.3, 0.4) is 0 Å². The molecule has 0 unspecified atom stereocenters. The first kappa shape index (κ1) is 12.4. The SMILES string of the molecule is Nc1cc(Br)c(F)cc1C(=O)Nc1cncnc1. The standard InChI is InChI=1S/C11H8BrFN4O/c12-8-2-10(14)7(1-9(8)13)11(18)17-6-3-15-5-16-4-6/h1-5H,14H2,(H,17,18). The number of nitrogens with two attached hydrogens (primary N) is 1. The lowest BCUT2D eigenvalue weighted by Gasteiger charge is -2.07. The van der Waals surface area contributed by atoms with E-state index in [4.69, 9.17) is 5.73 Å². The number of nitrogen functional groups attached to an aromatic ring is 1. The molecule has 1 amide bonds. The summed E-state index contributed by atoms with van der Waals surface area (Å²) in [7, 11) is 0. The fourth-order valence-corrected chi connectivity index (χ4v) is 1.68. The van der Waals surface area contributed by atoms with E-state index in [9.17, 15) is 9.18 Å². The Morgan fingerprint density at radius 2 is 2.00 bits per heavy atom. The molecule has 92 valence electrons. The number of anilines is 2. The molecule has 0 saturated carbocycles. The van der Waals surface area contributed by atoms with E-state index < -0.39 is 11.7 Å². The minimum atomic E-state index is -0.557. The predicted molar refractivity (Wildman–Crippen MR) is 68.5 cm³/mol. The summed E-state index contributed by atoms with van der Waals surface area (Å²) in [5.74, 6) is -1.08. The van der Waals surface area contributed by atoms with Crippen LogP contribution in [0.4, 0.5) is 15.8 Å². The second-order valence-electron chi connectivity index (χ2n) is 3.43. The first-order chi connectivity index (χ1) is 8.58. The Balaban J connectivity index is 2.27. The summed E-state index contributed by atoms with van der Waals surface area (Å²) in [5, 5.41) is 2.52. The molecule has 0 aliphatic rings. The van der Waals surface area contributed by atoms with Crippen molar-refractivity contribution in [2.45, 2.75) is 0 Å². The van der Waals surface area contributed by atoms with Crippen molar-refractivity contribution < 1.29 is 9.18 Å². The van der Waals surface area contributed by atoms with Gasteiger partial charge in [0.05, 0.1) is 28.1 Å². The van der Waals surface area contributed by atoms with E-state index in [0.717, 1.165) is 6.07 Å². The maximum atomic E-state index is 13.4. The average molecular weight is 311 g/mol. The van der Waals surface area contributed by atoms with E-state index in [2.05, 4.69) is 31.2 Å². The Morgan fingerprint density at radius 3 is 2.67 bits per heavy atom. The Labute approximate surface area is 110 Å². The van der Waals surface area contributed by atoms with Crippen molar-refractivity contribution >= 4 is 33.2 Å². The highest BCUT2D eigenvalue weighted by Crippen LogP contribution is 2.23. The van der Waals surface area contributed by atoms with Gasteiger partial charge >= 0.3 is 0 Å². The zero-order valence-electron chi connectivity index (χ0n) is 9.02. The average Bonchev–Trinajstić information content (AvgIpc) is 2.35. The largest absolute Gasteiger partial charge is 0.398 e. The number of nitrogens with one attached hydrogen (secondary N) is 1. The zero-order chi connectivity index (χ0) is 13.1. The number of nitrogens with zero attached hydrogens (tertiary/aromatic N) is 2. The van der Waals surface area contributed by atoms with Crippen molar-refractivity contribution in [3.8, 4) is 0 Å². The molecule has 0 atom stereocenters. The van der Waals surface area contributed by atoms with Crippen molar-refractivity contribution in [2.75, 3.05) is 11.1 Å². The molecular weight excluding hydrogens is 303 g/mol. The van der Waals surface area contributed by atoms with Gasteiger partial charge in [-0.15, -0.1) is 0 Å². The van der Waals surface area contributed by atoms with Gasteiger partial charge in [-0.1, -0.05) is 0 Å². The van der Waals surface area contributed by atoms with E-state index in [1.165, 1.54) is 24.8 Å². The van der Waals surface area contributed by atoms with Crippen molar-refractivity contribution in [2.24, 2.45) is 0 Å². The molecule has 0 spiro atoms. The summed E-state index contributed by atoms with van der Waals surface area (Å²) in [6.45, 7) is 0. The normalized spacial score (nSPS) is 10.1. The van der Waals surface area contributed by atoms with Crippen molar-refractivity contribution in [3.05, 3.63) is 46.7 Å². The van der Waals surface area contributed by atoms with Gasteiger partial charge in [-0.25, -0.2) is 14.4 Å². The molecule has 2 aromatic rings. The van der Waals surface area contributed by atoms with Gasteiger partial charge < -0.3 is 11.1 Å². The van der Waals surface area contributed by atoms with Gasteiger partial charge in [-0.2, -0.15) is 0 Å². The number of amides is 1. The van der Waals surface area contributed by atoms with Gasteiger partial charge in [0.1, 0.15) is 12.1 Å². The second-order valence-corrected chi connectivity index (χ2v) is 4.29. The quantitative estimate of drug-likeness (QED) is 0.833. The number of rotatable bonds is 2. The lowest BCUT2D eigenvalue weighted by molar-refractivity contribution is 0.102. The van der Waals surface area contributed by atoms with Gasteiger partial charge in [0, 0.05) is 5.69 Å². The van der Waals surface area contributed by atoms with Crippen molar-refractivity contribution in [3.63, 3.8) is 0 Å². The molecule has 2 rings (SSSR count). The fourth-order valence-electron chi connectivity index (χ4n) is 1.32. The molecule has 3 N–H and O–H groups in total. The van der Waals surface area contributed by atoms with Crippen molar-refractivity contribution in [1.82, 2.24) is 9.97 Å². The van der Waals surface area contributed by atoms with Crippen LogP contribution in [0.5, 0.6) is 0 Å². The third kappa shape index (κ3) is 2.62. The molecule has 18 heavy (non-hydrogen) atoms. The Kier molecular flexibility index (Phi) is 3.52. The number of benzene rings is 1. The minimum Gasteiger partial charge on any atom is -0.398 e. The van der Waals surface area contributed by atoms with Gasteiger partial charge in [-0.05, 0) is 28.1 Å². The monoisotopic (exact) mass is 310 g/mol. The van der Waals surface area contributed by atoms with E-state index >= 15 is 0 Å². The van der Waals surface area contributed by atoms with Gasteiger partial charge in [0.2, 0.25) is 0 Å². The van der Waals surface area contributed by atoms with Crippen LogP contribution in [-0.4, -0.2) is 15.9 Å². The van der Waals surface area contributed by atoms with Crippen LogP contribution in [0.1, 0.15) is 10.4 Å². The van der Waals surface area contributed by atoms with E-state index in [0.29, 0.717) is 5.69 Å². The second kappa shape index (κ2) is 5.09.